The Labute approximate surface area is 143 Å². The first kappa shape index (κ1) is 16.3. The standard InChI is InChI=1S/C19H16O4S/c1-11(19(21)22)14-9-13-7-8-23-18(13)16(10-14)17(20)12-3-5-15(24-2)6-4-12/h3-11H,1-2H3,(H,21,22). The molecule has 1 N–H and O–H groups in total. The molecule has 4 nitrogen and oxygen atoms in total. The van der Waals surface area contributed by atoms with Gasteiger partial charge >= 0.3 is 5.97 Å². The maximum atomic E-state index is 12.9. The quantitative estimate of drug-likeness (QED) is 0.544. The van der Waals surface area contributed by atoms with E-state index in [0.29, 0.717) is 22.3 Å². The fourth-order valence-corrected chi connectivity index (χ4v) is 2.97. The van der Waals surface area contributed by atoms with Gasteiger partial charge in [0.05, 0.1) is 17.7 Å². The number of hydrogen-bond donors (Lipinski definition) is 1. The van der Waals surface area contributed by atoms with E-state index in [0.717, 1.165) is 10.3 Å². The average Bonchev–Trinajstić information content (AvgIpc) is 3.08. The molecular weight excluding hydrogens is 324 g/mol. The van der Waals surface area contributed by atoms with E-state index in [1.165, 1.54) is 6.26 Å². The summed E-state index contributed by atoms with van der Waals surface area (Å²) in [6.45, 7) is 1.60. The zero-order valence-electron chi connectivity index (χ0n) is 13.3. The van der Waals surface area contributed by atoms with E-state index >= 15 is 0 Å². The molecule has 0 radical (unpaired) electrons. The summed E-state index contributed by atoms with van der Waals surface area (Å²) in [6, 6.07) is 12.4. The van der Waals surface area contributed by atoms with E-state index in [-0.39, 0.29) is 5.78 Å². The van der Waals surface area contributed by atoms with Crippen LogP contribution in [0.25, 0.3) is 11.0 Å². The fourth-order valence-electron chi connectivity index (χ4n) is 2.56. The van der Waals surface area contributed by atoms with Crippen molar-refractivity contribution in [3.8, 4) is 0 Å². The van der Waals surface area contributed by atoms with Crippen LogP contribution >= 0.6 is 11.8 Å². The first-order chi connectivity index (χ1) is 11.5. The molecule has 1 heterocycles. The van der Waals surface area contributed by atoms with Gasteiger partial charge in [0.25, 0.3) is 0 Å². The van der Waals surface area contributed by atoms with Gasteiger partial charge in [0.15, 0.2) is 5.78 Å². The molecular formula is C19H16O4S. The van der Waals surface area contributed by atoms with Crippen LogP contribution in [0.15, 0.2) is 58.0 Å². The summed E-state index contributed by atoms with van der Waals surface area (Å²) in [5, 5.41) is 9.98. The lowest BCUT2D eigenvalue weighted by Crippen LogP contribution is -2.09. The van der Waals surface area contributed by atoms with Crippen LogP contribution < -0.4 is 0 Å². The molecule has 5 heteroatoms. The lowest BCUT2D eigenvalue weighted by Gasteiger charge is -2.10. The Morgan fingerprint density at radius 3 is 2.46 bits per heavy atom. The third-order valence-corrected chi connectivity index (χ3v) is 4.78. The first-order valence-corrected chi connectivity index (χ1v) is 8.66. The summed E-state index contributed by atoms with van der Waals surface area (Å²) in [4.78, 5) is 25.2. The summed E-state index contributed by atoms with van der Waals surface area (Å²) in [6.07, 6.45) is 3.48. The van der Waals surface area contributed by atoms with Gasteiger partial charge in [-0.2, -0.15) is 0 Å². The molecule has 0 amide bonds. The Hall–Kier alpha value is -2.53. The topological polar surface area (TPSA) is 67.5 Å². The zero-order valence-corrected chi connectivity index (χ0v) is 14.1. The summed E-state index contributed by atoms with van der Waals surface area (Å²) >= 11 is 1.60. The number of carboxylic acids is 1. The number of thioether (sulfide) groups is 1. The van der Waals surface area contributed by atoms with Crippen molar-refractivity contribution < 1.29 is 19.1 Å². The molecule has 2 aromatic carbocycles. The SMILES string of the molecule is CSc1ccc(C(=O)c2cc(C(C)C(=O)O)cc3ccoc23)cc1. The Bertz CT molecular complexity index is 909. The monoisotopic (exact) mass is 340 g/mol. The van der Waals surface area contributed by atoms with Gasteiger partial charge in [0, 0.05) is 15.8 Å². The number of carboxylic acid groups (broad SMARTS) is 1. The molecule has 0 bridgehead atoms. The molecule has 122 valence electrons. The largest absolute Gasteiger partial charge is 0.481 e. The van der Waals surface area contributed by atoms with Crippen molar-refractivity contribution in [3.05, 3.63) is 65.4 Å². The Kier molecular flexibility index (Phi) is 4.44. The number of furan rings is 1. The van der Waals surface area contributed by atoms with Gasteiger partial charge in [-0.25, -0.2) is 0 Å². The van der Waals surface area contributed by atoms with E-state index in [2.05, 4.69) is 0 Å². The van der Waals surface area contributed by atoms with Crippen molar-refractivity contribution in [3.63, 3.8) is 0 Å². The third kappa shape index (κ3) is 2.95. The summed E-state index contributed by atoms with van der Waals surface area (Å²) in [7, 11) is 0. The molecule has 0 aliphatic carbocycles. The minimum atomic E-state index is -0.930. The number of ketones is 1. The Balaban J connectivity index is 2.11. The van der Waals surface area contributed by atoms with E-state index < -0.39 is 11.9 Å². The second-order valence-corrected chi connectivity index (χ2v) is 6.40. The van der Waals surface area contributed by atoms with Crippen LogP contribution in [0.3, 0.4) is 0 Å². The molecule has 24 heavy (non-hydrogen) atoms. The van der Waals surface area contributed by atoms with Gasteiger partial charge < -0.3 is 9.52 Å². The molecule has 0 saturated carbocycles. The maximum Gasteiger partial charge on any atom is 0.310 e. The van der Waals surface area contributed by atoms with Crippen LogP contribution in [-0.2, 0) is 4.79 Å². The van der Waals surface area contributed by atoms with E-state index in [1.807, 2.05) is 18.4 Å². The molecule has 0 aliphatic rings. The first-order valence-electron chi connectivity index (χ1n) is 7.44. The van der Waals surface area contributed by atoms with Gasteiger partial charge in [-0.3, -0.25) is 9.59 Å². The summed E-state index contributed by atoms with van der Waals surface area (Å²) < 4.78 is 5.46. The predicted octanol–water partition coefficient (Wildman–Crippen LogP) is 4.57. The maximum absolute atomic E-state index is 12.9. The highest BCUT2D eigenvalue weighted by atomic mass is 32.2. The van der Waals surface area contributed by atoms with E-state index in [9.17, 15) is 14.7 Å². The van der Waals surface area contributed by atoms with E-state index in [1.54, 1.807) is 49.0 Å². The average molecular weight is 340 g/mol. The Morgan fingerprint density at radius 2 is 1.83 bits per heavy atom. The second kappa shape index (κ2) is 6.53. The Morgan fingerprint density at radius 1 is 1.12 bits per heavy atom. The number of carbonyl (C=O) groups excluding carboxylic acids is 1. The zero-order chi connectivity index (χ0) is 17.3. The van der Waals surface area contributed by atoms with Crippen molar-refractivity contribution in [2.75, 3.05) is 6.26 Å². The highest BCUT2D eigenvalue weighted by Gasteiger charge is 2.21. The number of hydrogen-bond acceptors (Lipinski definition) is 4. The van der Waals surface area contributed by atoms with Crippen LogP contribution in [0.2, 0.25) is 0 Å². The van der Waals surface area contributed by atoms with Gasteiger partial charge in [0.1, 0.15) is 5.58 Å². The summed E-state index contributed by atoms with van der Waals surface area (Å²) in [5.41, 5.74) is 2.00. The minimum Gasteiger partial charge on any atom is -0.481 e. The number of carbonyl (C=O) groups is 2. The number of benzene rings is 2. The van der Waals surface area contributed by atoms with Crippen LogP contribution in [-0.4, -0.2) is 23.1 Å². The van der Waals surface area contributed by atoms with Crippen LogP contribution in [0.1, 0.15) is 34.3 Å². The lowest BCUT2D eigenvalue weighted by molar-refractivity contribution is -0.138. The normalized spacial score (nSPS) is 12.2. The highest BCUT2D eigenvalue weighted by Crippen LogP contribution is 2.29. The molecule has 1 unspecified atom stereocenters. The van der Waals surface area contributed by atoms with Gasteiger partial charge in [0.2, 0.25) is 0 Å². The van der Waals surface area contributed by atoms with Gasteiger partial charge in [-0.05, 0) is 61.2 Å². The molecule has 1 atom stereocenters. The predicted molar refractivity (Wildman–Crippen MR) is 93.9 cm³/mol. The summed E-state index contributed by atoms with van der Waals surface area (Å²) in [5.74, 6) is -1.81. The molecule has 1 aromatic heterocycles. The molecule has 0 saturated heterocycles. The highest BCUT2D eigenvalue weighted by molar-refractivity contribution is 7.98. The lowest BCUT2D eigenvalue weighted by atomic mass is 9.94. The van der Waals surface area contributed by atoms with Crippen molar-refractivity contribution >= 4 is 34.5 Å². The molecule has 3 aromatic rings. The minimum absolute atomic E-state index is 0.179. The number of fused-ring (bicyclic) bond motifs is 1. The van der Waals surface area contributed by atoms with Crippen LogP contribution in [0.5, 0.6) is 0 Å². The molecule has 3 rings (SSSR count). The molecule has 0 aliphatic heterocycles. The molecule has 0 spiro atoms. The second-order valence-electron chi connectivity index (χ2n) is 5.52. The van der Waals surface area contributed by atoms with Crippen LogP contribution in [0.4, 0.5) is 0 Å². The third-order valence-electron chi connectivity index (χ3n) is 4.04. The van der Waals surface area contributed by atoms with E-state index in [4.69, 9.17) is 4.42 Å². The number of aliphatic carboxylic acids is 1. The fraction of sp³-hybridized carbons (Fsp3) is 0.158. The van der Waals surface area contributed by atoms with Crippen molar-refractivity contribution in [2.24, 2.45) is 0 Å². The van der Waals surface area contributed by atoms with Crippen molar-refractivity contribution in [2.45, 2.75) is 17.7 Å². The van der Waals surface area contributed by atoms with Gasteiger partial charge in [-0.15, -0.1) is 11.8 Å². The van der Waals surface area contributed by atoms with Crippen molar-refractivity contribution in [1.82, 2.24) is 0 Å². The smallest absolute Gasteiger partial charge is 0.310 e. The van der Waals surface area contributed by atoms with Gasteiger partial charge in [-0.1, -0.05) is 0 Å². The molecule has 0 fully saturated rings. The number of rotatable bonds is 5. The van der Waals surface area contributed by atoms with Crippen LogP contribution in [0, 0.1) is 0 Å². The van der Waals surface area contributed by atoms with Crippen molar-refractivity contribution in [1.29, 1.82) is 0 Å².